The maximum Gasteiger partial charge on any atom is 0.169 e. The second-order valence-corrected chi connectivity index (χ2v) is 5.39. The van der Waals surface area contributed by atoms with E-state index in [2.05, 4.69) is 0 Å². The molecule has 2 aliphatic carbocycles. The van der Waals surface area contributed by atoms with Gasteiger partial charge in [-0.2, -0.15) is 0 Å². The summed E-state index contributed by atoms with van der Waals surface area (Å²) in [5.41, 5.74) is 0.857. The molecule has 96 valence electrons. The first kappa shape index (κ1) is 11.7. The maximum absolute atomic E-state index is 10.0. The molecule has 17 heavy (non-hydrogen) atoms. The highest BCUT2D eigenvalue weighted by Gasteiger charge is 2.51. The van der Waals surface area contributed by atoms with Crippen molar-refractivity contribution in [2.45, 2.75) is 62.6 Å². The number of aliphatic hydroxyl groups excluding tert-OH is 2. The molecule has 0 radical (unpaired) electrons. The molecule has 0 unspecified atom stereocenters. The quantitative estimate of drug-likeness (QED) is 0.674. The van der Waals surface area contributed by atoms with E-state index in [-0.39, 0.29) is 18.8 Å². The van der Waals surface area contributed by atoms with E-state index >= 15 is 0 Å². The van der Waals surface area contributed by atoms with Gasteiger partial charge < -0.3 is 19.7 Å². The first-order valence-corrected chi connectivity index (χ1v) is 6.57. The number of hydrogen-bond donors (Lipinski definition) is 2. The summed E-state index contributed by atoms with van der Waals surface area (Å²) in [5.74, 6) is -0.451. The lowest BCUT2D eigenvalue weighted by molar-refractivity contribution is -0.197. The third kappa shape index (κ3) is 2.03. The van der Waals surface area contributed by atoms with E-state index in [0.717, 1.165) is 31.3 Å². The molecule has 4 heteroatoms. The third-order valence-corrected chi connectivity index (χ3v) is 4.11. The standard InChI is InChI=1S/C13H20O4/c14-8-9-6-10(15)12-11(7-9)16-13(17-12)4-2-1-3-5-13/h6,10-12,14-15H,1-5,7-8H2/t10-,11+,12-/m0/s1. The Morgan fingerprint density at radius 1 is 1.24 bits per heavy atom. The predicted molar refractivity (Wildman–Crippen MR) is 61.4 cm³/mol. The molecule has 1 saturated heterocycles. The van der Waals surface area contributed by atoms with Gasteiger partial charge >= 0.3 is 0 Å². The van der Waals surface area contributed by atoms with E-state index in [1.807, 2.05) is 0 Å². The molecule has 0 aromatic rings. The van der Waals surface area contributed by atoms with Gasteiger partial charge in [0.15, 0.2) is 5.79 Å². The van der Waals surface area contributed by atoms with Crippen LogP contribution in [0.5, 0.6) is 0 Å². The fraction of sp³-hybridized carbons (Fsp3) is 0.846. The molecule has 1 spiro atoms. The molecule has 1 heterocycles. The second-order valence-electron chi connectivity index (χ2n) is 5.39. The minimum Gasteiger partial charge on any atom is -0.392 e. The minimum atomic E-state index is -0.641. The van der Waals surface area contributed by atoms with Crippen LogP contribution in [0.3, 0.4) is 0 Å². The Hall–Kier alpha value is -0.420. The number of rotatable bonds is 1. The average molecular weight is 240 g/mol. The zero-order chi connectivity index (χ0) is 11.9. The molecule has 0 amide bonds. The third-order valence-electron chi connectivity index (χ3n) is 4.11. The lowest BCUT2D eigenvalue weighted by Crippen LogP contribution is -2.38. The van der Waals surface area contributed by atoms with Gasteiger partial charge in [-0.1, -0.05) is 12.5 Å². The zero-order valence-electron chi connectivity index (χ0n) is 9.97. The largest absolute Gasteiger partial charge is 0.392 e. The van der Waals surface area contributed by atoms with Crippen molar-refractivity contribution in [3.63, 3.8) is 0 Å². The number of ether oxygens (including phenoxy) is 2. The predicted octanol–water partition coefficient (Wildman–Crippen LogP) is 1.11. The number of fused-ring (bicyclic) bond motifs is 1. The van der Waals surface area contributed by atoms with Crippen LogP contribution in [0.15, 0.2) is 11.6 Å². The van der Waals surface area contributed by atoms with Gasteiger partial charge in [0.05, 0.1) is 12.7 Å². The fourth-order valence-electron chi connectivity index (χ4n) is 3.25. The van der Waals surface area contributed by atoms with Crippen LogP contribution in [0, 0.1) is 0 Å². The molecule has 4 nitrogen and oxygen atoms in total. The second kappa shape index (κ2) is 4.35. The Labute approximate surface area is 101 Å². The van der Waals surface area contributed by atoms with Crippen molar-refractivity contribution in [3.8, 4) is 0 Å². The molecule has 3 atom stereocenters. The van der Waals surface area contributed by atoms with Crippen molar-refractivity contribution in [2.24, 2.45) is 0 Å². The van der Waals surface area contributed by atoms with E-state index in [4.69, 9.17) is 14.6 Å². The van der Waals surface area contributed by atoms with Gasteiger partial charge in [0.1, 0.15) is 12.2 Å². The van der Waals surface area contributed by atoms with Crippen molar-refractivity contribution in [1.82, 2.24) is 0 Å². The monoisotopic (exact) mass is 240 g/mol. The van der Waals surface area contributed by atoms with Gasteiger partial charge in [-0.05, 0) is 24.8 Å². The lowest BCUT2D eigenvalue weighted by Gasteiger charge is -2.32. The molecule has 2 N–H and O–H groups in total. The molecule has 3 rings (SSSR count). The molecule has 0 aromatic carbocycles. The van der Waals surface area contributed by atoms with Crippen LogP contribution < -0.4 is 0 Å². The SMILES string of the molecule is OCC1=C[C@H](O)[C@@H]2OC3(CCCCC3)O[C@@H]2C1. The maximum atomic E-state index is 10.0. The number of hydrogen-bond acceptors (Lipinski definition) is 4. The van der Waals surface area contributed by atoms with Gasteiger partial charge in [-0.3, -0.25) is 0 Å². The summed E-state index contributed by atoms with van der Waals surface area (Å²) in [7, 11) is 0. The van der Waals surface area contributed by atoms with Crippen LogP contribution >= 0.6 is 0 Å². The first-order chi connectivity index (χ1) is 8.22. The van der Waals surface area contributed by atoms with E-state index < -0.39 is 11.9 Å². The van der Waals surface area contributed by atoms with Crippen molar-refractivity contribution in [2.75, 3.05) is 6.61 Å². The topological polar surface area (TPSA) is 58.9 Å². The highest BCUT2D eigenvalue weighted by molar-refractivity contribution is 5.16. The van der Waals surface area contributed by atoms with Crippen molar-refractivity contribution in [1.29, 1.82) is 0 Å². The van der Waals surface area contributed by atoms with E-state index in [9.17, 15) is 5.11 Å². The van der Waals surface area contributed by atoms with Gasteiger partial charge in [0, 0.05) is 12.8 Å². The Morgan fingerprint density at radius 3 is 2.71 bits per heavy atom. The van der Waals surface area contributed by atoms with Crippen molar-refractivity contribution >= 4 is 0 Å². The molecule has 0 aromatic heterocycles. The van der Waals surface area contributed by atoms with Gasteiger partial charge in [0.2, 0.25) is 0 Å². The summed E-state index contributed by atoms with van der Waals surface area (Å²) < 4.78 is 12.1. The summed E-state index contributed by atoms with van der Waals surface area (Å²) in [6.07, 6.45) is 6.79. The fourth-order valence-corrected chi connectivity index (χ4v) is 3.25. The molecule has 1 saturated carbocycles. The van der Waals surface area contributed by atoms with Crippen LogP contribution in [-0.2, 0) is 9.47 Å². The Kier molecular flexibility index (Phi) is 2.99. The van der Waals surface area contributed by atoms with Crippen LogP contribution in [0.4, 0.5) is 0 Å². The molecule has 1 aliphatic heterocycles. The zero-order valence-corrected chi connectivity index (χ0v) is 9.97. The van der Waals surface area contributed by atoms with Gasteiger partial charge in [-0.15, -0.1) is 0 Å². The Morgan fingerprint density at radius 2 is 2.00 bits per heavy atom. The minimum absolute atomic E-state index is 0.00333. The van der Waals surface area contributed by atoms with E-state index in [1.54, 1.807) is 6.08 Å². The van der Waals surface area contributed by atoms with Crippen molar-refractivity contribution in [3.05, 3.63) is 11.6 Å². The average Bonchev–Trinajstić information content (AvgIpc) is 2.68. The summed E-state index contributed by atoms with van der Waals surface area (Å²) in [4.78, 5) is 0. The van der Waals surface area contributed by atoms with E-state index in [1.165, 1.54) is 6.42 Å². The van der Waals surface area contributed by atoms with Crippen LogP contribution in [0.1, 0.15) is 38.5 Å². The normalized spacial score (nSPS) is 40.1. The van der Waals surface area contributed by atoms with Gasteiger partial charge in [-0.25, -0.2) is 0 Å². The smallest absolute Gasteiger partial charge is 0.169 e. The highest BCUT2D eigenvalue weighted by Crippen LogP contribution is 2.44. The summed E-state index contributed by atoms with van der Waals surface area (Å²) >= 11 is 0. The Balaban J connectivity index is 1.75. The summed E-state index contributed by atoms with van der Waals surface area (Å²) in [6, 6.07) is 0. The highest BCUT2D eigenvalue weighted by atomic mass is 16.8. The van der Waals surface area contributed by atoms with Crippen LogP contribution in [-0.4, -0.2) is 40.9 Å². The van der Waals surface area contributed by atoms with Crippen LogP contribution in [0.2, 0.25) is 0 Å². The summed E-state index contributed by atoms with van der Waals surface area (Å²) in [5, 5.41) is 19.2. The summed E-state index contributed by atoms with van der Waals surface area (Å²) in [6.45, 7) is -0.00333. The molecule has 0 bridgehead atoms. The first-order valence-electron chi connectivity index (χ1n) is 6.57. The molecular weight excluding hydrogens is 220 g/mol. The molecule has 3 aliphatic rings. The molecule has 2 fully saturated rings. The van der Waals surface area contributed by atoms with Crippen LogP contribution in [0.25, 0.3) is 0 Å². The van der Waals surface area contributed by atoms with Gasteiger partial charge in [0.25, 0.3) is 0 Å². The van der Waals surface area contributed by atoms with Crippen molar-refractivity contribution < 1.29 is 19.7 Å². The molecular formula is C13H20O4. The van der Waals surface area contributed by atoms with E-state index in [0.29, 0.717) is 6.42 Å². The lowest BCUT2D eigenvalue weighted by atomic mass is 9.93. The Bertz CT molecular complexity index is 319. The number of aliphatic hydroxyl groups is 2.